The van der Waals surface area contributed by atoms with Crippen LogP contribution in [0.2, 0.25) is 0 Å². The van der Waals surface area contributed by atoms with Crippen molar-refractivity contribution in [3.8, 4) is 0 Å². The molecule has 1 amide bonds. The van der Waals surface area contributed by atoms with Crippen molar-refractivity contribution in [2.45, 2.75) is 32.6 Å². The number of nitrogens with zero attached hydrogens (tertiary/aromatic N) is 3. The Morgan fingerprint density at radius 2 is 1.68 bits per heavy atom. The highest BCUT2D eigenvalue weighted by molar-refractivity contribution is 7.22. The highest BCUT2D eigenvalue weighted by atomic mass is 32.1. The number of thiazole rings is 1. The standard InChI is InChI=1S/C27H24N4O2S/c1-2-18-14-16-19(17-15-18)31(27-29-22-10-5-6-11-23(22)34-27)25(32)13-7-12-24-28-21-9-4-3-8-20(21)26(33)30-24/h3-6,8-11,14-17H,2,7,12-13H2,1H3,(H,28,30,33). The van der Waals surface area contributed by atoms with Gasteiger partial charge in [-0.3, -0.25) is 14.5 Å². The SMILES string of the molecule is CCc1ccc(N(C(=O)CCCc2nc3ccccc3c(=O)[nH]2)c2nc3ccccc3s2)cc1. The molecule has 6 nitrogen and oxygen atoms in total. The number of benzene rings is 3. The molecule has 0 atom stereocenters. The Balaban J connectivity index is 1.38. The molecule has 0 spiro atoms. The van der Waals surface area contributed by atoms with Crippen LogP contribution in [0.1, 0.15) is 31.2 Å². The maximum absolute atomic E-state index is 13.4. The lowest BCUT2D eigenvalue weighted by atomic mass is 10.1. The number of para-hydroxylation sites is 2. The van der Waals surface area contributed by atoms with Gasteiger partial charge in [0.15, 0.2) is 5.13 Å². The molecule has 0 fully saturated rings. The topological polar surface area (TPSA) is 79.0 Å². The fourth-order valence-corrected chi connectivity index (χ4v) is 4.97. The molecule has 0 bridgehead atoms. The minimum atomic E-state index is -0.154. The first-order valence-electron chi connectivity index (χ1n) is 11.4. The van der Waals surface area contributed by atoms with Gasteiger partial charge in [0.1, 0.15) is 5.82 Å². The Morgan fingerprint density at radius 1 is 0.941 bits per heavy atom. The summed E-state index contributed by atoms with van der Waals surface area (Å²) in [6.07, 6.45) is 2.32. The molecule has 0 saturated carbocycles. The summed E-state index contributed by atoms with van der Waals surface area (Å²) < 4.78 is 1.04. The number of aryl methyl sites for hydroxylation is 2. The molecule has 0 radical (unpaired) electrons. The van der Waals surface area contributed by atoms with Crippen LogP contribution < -0.4 is 10.5 Å². The summed E-state index contributed by atoms with van der Waals surface area (Å²) in [5.74, 6) is 0.557. The van der Waals surface area contributed by atoms with E-state index in [4.69, 9.17) is 4.98 Å². The van der Waals surface area contributed by atoms with E-state index >= 15 is 0 Å². The van der Waals surface area contributed by atoms with Crippen LogP contribution in [0.5, 0.6) is 0 Å². The Bertz CT molecular complexity index is 1490. The summed E-state index contributed by atoms with van der Waals surface area (Å²) in [6, 6.07) is 23.2. The molecule has 170 valence electrons. The zero-order valence-electron chi connectivity index (χ0n) is 18.8. The number of hydrogen-bond donors (Lipinski definition) is 1. The van der Waals surface area contributed by atoms with E-state index in [1.165, 1.54) is 16.9 Å². The second-order valence-corrected chi connectivity index (χ2v) is 9.11. The van der Waals surface area contributed by atoms with E-state index in [-0.39, 0.29) is 11.5 Å². The van der Waals surface area contributed by atoms with E-state index in [0.717, 1.165) is 22.3 Å². The van der Waals surface area contributed by atoms with E-state index in [9.17, 15) is 9.59 Å². The Kier molecular flexibility index (Phi) is 6.18. The Morgan fingerprint density at radius 3 is 2.44 bits per heavy atom. The minimum Gasteiger partial charge on any atom is -0.310 e. The molecule has 0 saturated heterocycles. The number of carbonyl (C=O) groups is 1. The molecule has 0 unspecified atom stereocenters. The van der Waals surface area contributed by atoms with Crippen LogP contribution in [-0.2, 0) is 17.6 Å². The normalized spacial score (nSPS) is 11.2. The summed E-state index contributed by atoms with van der Waals surface area (Å²) in [6.45, 7) is 2.11. The van der Waals surface area contributed by atoms with E-state index in [2.05, 4.69) is 16.9 Å². The van der Waals surface area contributed by atoms with E-state index in [0.29, 0.717) is 41.1 Å². The van der Waals surface area contributed by atoms with Crippen molar-refractivity contribution in [1.29, 1.82) is 0 Å². The number of aromatic nitrogens is 3. The lowest BCUT2D eigenvalue weighted by molar-refractivity contribution is -0.118. The fraction of sp³-hybridized carbons (Fsp3) is 0.185. The van der Waals surface area contributed by atoms with E-state index < -0.39 is 0 Å². The van der Waals surface area contributed by atoms with Gasteiger partial charge in [0.05, 0.1) is 26.8 Å². The summed E-state index contributed by atoms with van der Waals surface area (Å²) in [7, 11) is 0. The zero-order valence-corrected chi connectivity index (χ0v) is 19.6. The quantitative estimate of drug-likeness (QED) is 0.328. The first-order valence-corrected chi connectivity index (χ1v) is 12.2. The summed E-state index contributed by atoms with van der Waals surface area (Å²) in [4.78, 5) is 39.6. The summed E-state index contributed by atoms with van der Waals surface area (Å²) in [5, 5.41) is 1.23. The van der Waals surface area contributed by atoms with Gasteiger partial charge in [0.25, 0.3) is 5.56 Å². The van der Waals surface area contributed by atoms with Crippen molar-refractivity contribution in [1.82, 2.24) is 15.0 Å². The monoisotopic (exact) mass is 468 g/mol. The van der Waals surface area contributed by atoms with E-state index in [1.807, 2.05) is 66.7 Å². The molecule has 5 rings (SSSR count). The van der Waals surface area contributed by atoms with Crippen LogP contribution in [0, 0.1) is 0 Å². The summed E-state index contributed by atoms with van der Waals surface area (Å²) in [5.41, 5.74) is 3.41. The molecule has 0 aliphatic carbocycles. The number of aromatic amines is 1. The van der Waals surface area contributed by atoms with Gasteiger partial charge in [0, 0.05) is 12.8 Å². The van der Waals surface area contributed by atoms with Crippen LogP contribution in [0.4, 0.5) is 10.8 Å². The number of anilines is 2. The Hall–Kier alpha value is -3.84. The number of rotatable bonds is 7. The first kappa shape index (κ1) is 22.0. The van der Waals surface area contributed by atoms with E-state index in [1.54, 1.807) is 11.0 Å². The van der Waals surface area contributed by atoms with Crippen LogP contribution >= 0.6 is 11.3 Å². The van der Waals surface area contributed by atoms with Gasteiger partial charge in [-0.25, -0.2) is 9.97 Å². The van der Waals surface area contributed by atoms with Crippen LogP contribution in [-0.4, -0.2) is 20.9 Å². The van der Waals surface area contributed by atoms with Crippen LogP contribution in [0.15, 0.2) is 77.6 Å². The lowest BCUT2D eigenvalue weighted by Crippen LogP contribution is -2.25. The third kappa shape index (κ3) is 4.47. The van der Waals surface area contributed by atoms with Crippen molar-refractivity contribution in [3.05, 3.63) is 94.5 Å². The summed E-state index contributed by atoms with van der Waals surface area (Å²) >= 11 is 1.51. The molecule has 5 aromatic rings. The molecule has 0 aliphatic heterocycles. The molecule has 34 heavy (non-hydrogen) atoms. The van der Waals surface area contributed by atoms with Gasteiger partial charge in [-0.2, -0.15) is 0 Å². The number of hydrogen-bond acceptors (Lipinski definition) is 5. The molecule has 7 heteroatoms. The minimum absolute atomic E-state index is 0.0357. The molecule has 0 aliphatic rings. The second-order valence-electron chi connectivity index (χ2n) is 8.10. The highest BCUT2D eigenvalue weighted by Gasteiger charge is 2.21. The Labute approximate surface area is 200 Å². The molecule has 2 heterocycles. The molecule has 3 aromatic carbocycles. The average Bonchev–Trinajstić information content (AvgIpc) is 3.28. The van der Waals surface area contributed by atoms with Crippen molar-refractivity contribution >= 4 is 49.2 Å². The lowest BCUT2D eigenvalue weighted by Gasteiger charge is -2.20. The third-order valence-electron chi connectivity index (χ3n) is 5.79. The smallest absolute Gasteiger partial charge is 0.258 e. The molecule has 2 aromatic heterocycles. The predicted octanol–water partition coefficient (Wildman–Crippen LogP) is 5.78. The maximum atomic E-state index is 13.4. The fourth-order valence-electron chi connectivity index (χ4n) is 3.97. The average molecular weight is 469 g/mol. The number of nitrogens with one attached hydrogen (secondary N) is 1. The second kappa shape index (κ2) is 9.57. The van der Waals surface area contributed by atoms with Crippen molar-refractivity contribution in [2.75, 3.05) is 4.90 Å². The van der Waals surface area contributed by atoms with Gasteiger partial charge in [-0.1, -0.05) is 54.7 Å². The van der Waals surface area contributed by atoms with Crippen LogP contribution in [0.3, 0.4) is 0 Å². The largest absolute Gasteiger partial charge is 0.310 e. The number of amides is 1. The highest BCUT2D eigenvalue weighted by Crippen LogP contribution is 2.34. The van der Waals surface area contributed by atoms with Gasteiger partial charge >= 0.3 is 0 Å². The van der Waals surface area contributed by atoms with Crippen molar-refractivity contribution in [2.24, 2.45) is 0 Å². The first-order chi connectivity index (χ1) is 16.6. The van der Waals surface area contributed by atoms with Crippen LogP contribution in [0.25, 0.3) is 21.1 Å². The number of H-pyrrole nitrogens is 1. The third-order valence-corrected chi connectivity index (χ3v) is 6.81. The molecule has 1 N–H and O–H groups in total. The number of carbonyl (C=O) groups excluding carboxylic acids is 1. The molecular weight excluding hydrogens is 444 g/mol. The van der Waals surface area contributed by atoms with Gasteiger partial charge in [0.2, 0.25) is 5.91 Å². The van der Waals surface area contributed by atoms with Gasteiger partial charge in [-0.05, 0) is 54.8 Å². The van der Waals surface area contributed by atoms with Gasteiger partial charge < -0.3 is 4.98 Å². The zero-order chi connectivity index (χ0) is 23.5. The molecular formula is C27H24N4O2S. The van der Waals surface area contributed by atoms with Crippen molar-refractivity contribution in [3.63, 3.8) is 0 Å². The predicted molar refractivity (Wildman–Crippen MR) is 138 cm³/mol. The number of fused-ring (bicyclic) bond motifs is 2. The van der Waals surface area contributed by atoms with Gasteiger partial charge in [-0.15, -0.1) is 0 Å². The van der Waals surface area contributed by atoms with Crippen molar-refractivity contribution < 1.29 is 4.79 Å². The maximum Gasteiger partial charge on any atom is 0.258 e.